The summed E-state index contributed by atoms with van der Waals surface area (Å²) in [5.74, 6) is 1.06. The summed E-state index contributed by atoms with van der Waals surface area (Å²) in [4.78, 5) is 0. The lowest BCUT2D eigenvalue weighted by Gasteiger charge is -2.19. The summed E-state index contributed by atoms with van der Waals surface area (Å²) in [7, 11) is 1.56. The summed E-state index contributed by atoms with van der Waals surface area (Å²) in [6.45, 7) is -1.73. The maximum absolute atomic E-state index is 12.6. The van der Waals surface area contributed by atoms with Gasteiger partial charge in [-0.3, -0.25) is 5.84 Å². The molecule has 0 aromatic carbocycles. The number of rotatable bonds is 7. The molecule has 1 atom stereocenters. The van der Waals surface area contributed by atoms with Crippen LogP contribution < -0.4 is 11.3 Å². The Balaban J connectivity index is 2.60. The van der Waals surface area contributed by atoms with Gasteiger partial charge in [0.05, 0.1) is 18.3 Å². The van der Waals surface area contributed by atoms with E-state index in [0.717, 1.165) is 0 Å². The SMILES string of the molecule is Cn1nnc(Br)c1C(COCC(F)(F)C(F)F)NN. The average molecular weight is 350 g/mol. The molecule has 1 heterocycles. The van der Waals surface area contributed by atoms with E-state index in [1.807, 2.05) is 0 Å². The highest BCUT2D eigenvalue weighted by atomic mass is 79.9. The van der Waals surface area contributed by atoms with Gasteiger partial charge >= 0.3 is 12.3 Å². The fourth-order valence-electron chi connectivity index (χ4n) is 1.29. The molecule has 0 radical (unpaired) electrons. The zero-order valence-electron chi connectivity index (χ0n) is 9.79. The Bertz CT molecular complexity index is 396. The lowest BCUT2D eigenvalue weighted by atomic mass is 10.2. The van der Waals surface area contributed by atoms with Gasteiger partial charge in [0, 0.05) is 7.05 Å². The number of nitrogens with one attached hydrogen (secondary N) is 1. The van der Waals surface area contributed by atoms with Crippen LogP contribution in [0.15, 0.2) is 4.60 Å². The van der Waals surface area contributed by atoms with Gasteiger partial charge in [0.2, 0.25) is 0 Å². The summed E-state index contributed by atoms with van der Waals surface area (Å²) in [5.41, 5.74) is 2.76. The molecule has 1 aromatic rings. The molecule has 1 unspecified atom stereocenters. The molecular formula is C8H12BrF4N5O. The van der Waals surface area contributed by atoms with Crippen molar-refractivity contribution in [1.82, 2.24) is 20.4 Å². The summed E-state index contributed by atoms with van der Waals surface area (Å²) >= 11 is 3.10. The molecule has 1 aromatic heterocycles. The lowest BCUT2D eigenvalue weighted by molar-refractivity contribution is -0.167. The van der Waals surface area contributed by atoms with Crippen LogP contribution in [0.25, 0.3) is 0 Å². The highest BCUT2D eigenvalue weighted by molar-refractivity contribution is 9.10. The summed E-state index contributed by atoms with van der Waals surface area (Å²) < 4.78 is 55.4. The van der Waals surface area contributed by atoms with Crippen LogP contribution in [0.3, 0.4) is 0 Å². The van der Waals surface area contributed by atoms with Crippen LogP contribution in [0, 0.1) is 0 Å². The topological polar surface area (TPSA) is 78.0 Å². The summed E-state index contributed by atoms with van der Waals surface area (Å²) in [6, 6.07) is -0.720. The van der Waals surface area contributed by atoms with Crippen molar-refractivity contribution in [2.24, 2.45) is 12.9 Å². The highest BCUT2D eigenvalue weighted by Crippen LogP contribution is 2.24. The molecule has 0 saturated carbocycles. The molecule has 110 valence electrons. The van der Waals surface area contributed by atoms with E-state index < -0.39 is 25.0 Å². The van der Waals surface area contributed by atoms with Crippen molar-refractivity contribution in [2.75, 3.05) is 13.2 Å². The van der Waals surface area contributed by atoms with Gasteiger partial charge in [0.1, 0.15) is 6.61 Å². The number of hydrazine groups is 1. The molecule has 6 nitrogen and oxygen atoms in total. The third-order valence-corrected chi connectivity index (χ3v) is 2.82. The fourth-order valence-corrected chi connectivity index (χ4v) is 1.89. The molecule has 0 amide bonds. The normalized spacial score (nSPS) is 14.1. The Morgan fingerprint density at radius 2 is 2.16 bits per heavy atom. The van der Waals surface area contributed by atoms with Crippen LogP contribution in [0.5, 0.6) is 0 Å². The molecule has 0 spiro atoms. The second-order valence-electron chi connectivity index (χ2n) is 3.69. The number of nitrogens with zero attached hydrogens (tertiary/aromatic N) is 3. The number of halogens is 5. The number of aryl methyl sites for hydroxylation is 1. The van der Waals surface area contributed by atoms with E-state index in [0.29, 0.717) is 10.3 Å². The molecular weight excluding hydrogens is 338 g/mol. The van der Waals surface area contributed by atoms with E-state index in [1.165, 1.54) is 4.68 Å². The van der Waals surface area contributed by atoms with Crippen LogP contribution in [-0.2, 0) is 11.8 Å². The number of hydrogen-bond acceptors (Lipinski definition) is 5. The Kier molecular flexibility index (Phi) is 5.64. The van der Waals surface area contributed by atoms with Gasteiger partial charge in [-0.1, -0.05) is 5.21 Å². The number of nitrogens with two attached hydrogens (primary N) is 1. The molecule has 0 aliphatic heterocycles. The molecule has 0 saturated heterocycles. The van der Waals surface area contributed by atoms with E-state index in [2.05, 4.69) is 36.4 Å². The molecule has 0 aliphatic rings. The van der Waals surface area contributed by atoms with Crippen LogP contribution in [-0.4, -0.2) is 40.6 Å². The van der Waals surface area contributed by atoms with Gasteiger partial charge in [-0.15, -0.1) is 5.10 Å². The van der Waals surface area contributed by atoms with Gasteiger partial charge in [-0.25, -0.2) is 18.9 Å². The van der Waals surface area contributed by atoms with Gasteiger partial charge in [0.25, 0.3) is 0 Å². The second kappa shape index (κ2) is 6.59. The number of alkyl halides is 4. The molecule has 0 bridgehead atoms. The van der Waals surface area contributed by atoms with Crippen LogP contribution in [0.4, 0.5) is 17.6 Å². The number of hydrogen-bond donors (Lipinski definition) is 2. The Morgan fingerprint density at radius 1 is 1.53 bits per heavy atom. The first-order valence-corrected chi connectivity index (χ1v) is 5.83. The van der Waals surface area contributed by atoms with Gasteiger partial charge < -0.3 is 4.74 Å². The summed E-state index contributed by atoms with van der Waals surface area (Å²) in [6.07, 6.45) is -3.78. The smallest absolute Gasteiger partial charge is 0.330 e. The van der Waals surface area contributed by atoms with E-state index in [9.17, 15) is 17.6 Å². The van der Waals surface area contributed by atoms with Gasteiger partial charge in [-0.05, 0) is 15.9 Å². The average Bonchev–Trinajstić information content (AvgIpc) is 2.65. The molecule has 3 N–H and O–H groups in total. The predicted octanol–water partition coefficient (Wildman–Crippen LogP) is 0.999. The van der Waals surface area contributed by atoms with Crippen molar-refractivity contribution < 1.29 is 22.3 Å². The van der Waals surface area contributed by atoms with E-state index >= 15 is 0 Å². The van der Waals surface area contributed by atoms with Crippen LogP contribution in [0.2, 0.25) is 0 Å². The molecule has 0 aliphatic carbocycles. The van der Waals surface area contributed by atoms with Crippen molar-refractivity contribution in [1.29, 1.82) is 0 Å². The summed E-state index contributed by atoms with van der Waals surface area (Å²) in [5, 5.41) is 7.35. The Labute approximate surface area is 114 Å². The lowest BCUT2D eigenvalue weighted by Crippen LogP contribution is -2.37. The monoisotopic (exact) mass is 349 g/mol. The van der Waals surface area contributed by atoms with Crippen molar-refractivity contribution in [2.45, 2.75) is 18.4 Å². The van der Waals surface area contributed by atoms with Crippen LogP contribution >= 0.6 is 15.9 Å². The minimum atomic E-state index is -4.19. The molecule has 0 fully saturated rings. The standard InChI is InChI=1S/C8H12BrF4N5O/c1-18-5(6(9)16-17-18)4(15-14)2-19-3-8(12,13)7(10)11/h4,7,15H,2-3,14H2,1H3. The van der Waals surface area contributed by atoms with Gasteiger partial charge in [-0.2, -0.15) is 8.78 Å². The maximum Gasteiger partial charge on any atom is 0.330 e. The second-order valence-corrected chi connectivity index (χ2v) is 4.44. The van der Waals surface area contributed by atoms with E-state index in [1.54, 1.807) is 7.05 Å². The van der Waals surface area contributed by atoms with Crippen molar-refractivity contribution >= 4 is 15.9 Å². The quantitative estimate of drug-likeness (QED) is 0.436. The number of aromatic nitrogens is 3. The van der Waals surface area contributed by atoms with Crippen molar-refractivity contribution in [3.05, 3.63) is 10.3 Å². The van der Waals surface area contributed by atoms with Gasteiger partial charge in [0.15, 0.2) is 4.60 Å². The maximum atomic E-state index is 12.6. The first kappa shape index (κ1) is 16.3. The highest BCUT2D eigenvalue weighted by Gasteiger charge is 2.41. The third-order valence-electron chi connectivity index (χ3n) is 2.26. The third kappa shape index (κ3) is 4.09. The minimum Gasteiger partial charge on any atom is -0.373 e. The molecule has 1 rings (SSSR count). The molecule has 19 heavy (non-hydrogen) atoms. The van der Waals surface area contributed by atoms with Crippen molar-refractivity contribution in [3.63, 3.8) is 0 Å². The van der Waals surface area contributed by atoms with E-state index in [4.69, 9.17) is 5.84 Å². The molecule has 11 heteroatoms. The predicted molar refractivity (Wildman–Crippen MR) is 60.5 cm³/mol. The zero-order valence-corrected chi connectivity index (χ0v) is 11.4. The Morgan fingerprint density at radius 3 is 2.58 bits per heavy atom. The Hall–Kier alpha value is -0.780. The largest absolute Gasteiger partial charge is 0.373 e. The van der Waals surface area contributed by atoms with E-state index in [-0.39, 0.29) is 6.61 Å². The first-order chi connectivity index (χ1) is 8.79. The fraction of sp³-hybridized carbons (Fsp3) is 0.750. The zero-order chi connectivity index (χ0) is 14.6. The van der Waals surface area contributed by atoms with Crippen molar-refractivity contribution in [3.8, 4) is 0 Å². The van der Waals surface area contributed by atoms with Crippen LogP contribution in [0.1, 0.15) is 11.7 Å². The minimum absolute atomic E-state index is 0.335. The number of ether oxygens (including phenoxy) is 1. The first-order valence-electron chi connectivity index (χ1n) is 5.04.